The smallest absolute Gasteiger partial charge is 0.259 e. The third-order valence-corrected chi connectivity index (χ3v) is 6.67. The summed E-state index contributed by atoms with van der Waals surface area (Å²) in [4.78, 5) is 22.0. The molecule has 1 aliphatic heterocycles. The van der Waals surface area contributed by atoms with Crippen LogP contribution in [0, 0.1) is 12.7 Å². The summed E-state index contributed by atoms with van der Waals surface area (Å²) in [7, 11) is 0. The van der Waals surface area contributed by atoms with Crippen molar-refractivity contribution in [2.75, 3.05) is 11.9 Å². The third kappa shape index (κ3) is 3.89. The fraction of sp³-hybridized carbons (Fsp3) is 0.320. The molecule has 1 aliphatic carbocycles. The Morgan fingerprint density at radius 1 is 1.23 bits per heavy atom. The van der Waals surface area contributed by atoms with Crippen LogP contribution in [0.5, 0.6) is 0 Å². The van der Waals surface area contributed by atoms with Crippen molar-refractivity contribution in [1.29, 1.82) is 0 Å². The second-order valence-electron chi connectivity index (χ2n) is 9.15. The number of nitrogens with zero attached hydrogens (tertiary/aromatic N) is 6. The van der Waals surface area contributed by atoms with Crippen LogP contribution in [0.4, 0.5) is 10.2 Å². The number of fused-ring (bicyclic) bond motifs is 1. The maximum atomic E-state index is 14.8. The summed E-state index contributed by atoms with van der Waals surface area (Å²) in [5.41, 5.74) is 2.86. The standard InChI is InChI=1S/C25H24FN7O2/c1-14-9-18(26)17(10-21(14)32-11-20(27-13-32)15-5-6-15)25(35)29-22-4-2-3-19(28-22)24-31-30-23-8-7-16(12-34)33(23)24/h2-4,9-11,13,15-16,34H,5-8,12H2,1H3,(H,28,29,35). The molecular formula is C25H24FN7O2. The average molecular weight is 474 g/mol. The molecule has 1 atom stereocenters. The summed E-state index contributed by atoms with van der Waals surface area (Å²) in [5, 5.41) is 20.8. The zero-order valence-electron chi connectivity index (χ0n) is 19.1. The molecule has 1 aromatic carbocycles. The largest absolute Gasteiger partial charge is 0.394 e. The van der Waals surface area contributed by atoms with Crippen LogP contribution >= 0.6 is 0 Å². The molecule has 2 aliphatic rings. The SMILES string of the molecule is Cc1cc(F)c(C(=O)Nc2cccc(-c3nnc4n3C(CO)CC4)n2)cc1-n1cnc(C2CC2)c1. The van der Waals surface area contributed by atoms with Gasteiger partial charge in [0.2, 0.25) is 0 Å². The predicted octanol–water partition coefficient (Wildman–Crippen LogP) is 3.58. The van der Waals surface area contributed by atoms with Gasteiger partial charge in [-0.2, -0.15) is 0 Å². The van der Waals surface area contributed by atoms with Gasteiger partial charge in [0.1, 0.15) is 23.2 Å². The lowest BCUT2D eigenvalue weighted by molar-refractivity contribution is 0.102. The molecule has 35 heavy (non-hydrogen) atoms. The minimum Gasteiger partial charge on any atom is -0.394 e. The molecule has 2 N–H and O–H groups in total. The van der Waals surface area contributed by atoms with Gasteiger partial charge in [0, 0.05) is 18.5 Å². The Morgan fingerprint density at radius 3 is 2.89 bits per heavy atom. The zero-order chi connectivity index (χ0) is 24.1. The van der Waals surface area contributed by atoms with E-state index in [4.69, 9.17) is 0 Å². The van der Waals surface area contributed by atoms with Crippen LogP contribution in [0.3, 0.4) is 0 Å². The monoisotopic (exact) mass is 473 g/mol. The van der Waals surface area contributed by atoms with Crippen molar-refractivity contribution in [3.05, 3.63) is 71.3 Å². The molecule has 4 aromatic rings. The molecule has 3 aromatic heterocycles. The molecule has 9 nitrogen and oxygen atoms in total. The summed E-state index contributed by atoms with van der Waals surface area (Å²) >= 11 is 0. The Hall–Kier alpha value is -3.92. The van der Waals surface area contributed by atoms with E-state index in [0.29, 0.717) is 28.7 Å². The Morgan fingerprint density at radius 2 is 2.09 bits per heavy atom. The van der Waals surface area contributed by atoms with Gasteiger partial charge in [0.15, 0.2) is 5.82 Å². The van der Waals surface area contributed by atoms with Crippen molar-refractivity contribution in [1.82, 2.24) is 29.3 Å². The molecule has 0 spiro atoms. The van der Waals surface area contributed by atoms with Gasteiger partial charge in [0.25, 0.3) is 5.91 Å². The number of anilines is 1. The Kier molecular flexibility index (Phi) is 5.18. The number of nitrogens with one attached hydrogen (secondary N) is 1. The number of hydrogen-bond acceptors (Lipinski definition) is 6. The summed E-state index contributed by atoms with van der Waals surface area (Å²) in [6.07, 6.45) is 7.45. The summed E-state index contributed by atoms with van der Waals surface area (Å²) in [6, 6.07) is 7.94. The number of benzene rings is 1. The number of aliphatic hydroxyl groups is 1. The van der Waals surface area contributed by atoms with Crippen molar-refractivity contribution < 1.29 is 14.3 Å². The molecule has 1 fully saturated rings. The summed E-state index contributed by atoms with van der Waals surface area (Å²) in [6.45, 7) is 1.79. The Labute approximate surface area is 200 Å². The van der Waals surface area contributed by atoms with Crippen LogP contribution in [-0.4, -0.2) is 46.9 Å². The van der Waals surface area contributed by atoms with Gasteiger partial charge in [-0.05, 0) is 56.0 Å². The summed E-state index contributed by atoms with van der Waals surface area (Å²) in [5.74, 6) is 0.886. The van der Waals surface area contributed by atoms with E-state index >= 15 is 0 Å². The second-order valence-corrected chi connectivity index (χ2v) is 9.15. The number of carbonyl (C=O) groups is 1. The molecule has 1 amide bonds. The van der Waals surface area contributed by atoms with E-state index < -0.39 is 11.7 Å². The second kappa shape index (κ2) is 8.38. The molecule has 4 heterocycles. The van der Waals surface area contributed by atoms with Crippen LogP contribution < -0.4 is 5.32 Å². The van der Waals surface area contributed by atoms with Crippen LogP contribution in [0.25, 0.3) is 17.2 Å². The number of halogens is 1. The number of carbonyl (C=O) groups excluding carboxylic acids is 1. The van der Waals surface area contributed by atoms with Crippen molar-refractivity contribution in [3.63, 3.8) is 0 Å². The first-order valence-corrected chi connectivity index (χ1v) is 11.7. The maximum absolute atomic E-state index is 14.8. The molecule has 1 saturated carbocycles. The number of aliphatic hydroxyl groups excluding tert-OH is 1. The lowest BCUT2D eigenvalue weighted by atomic mass is 10.1. The van der Waals surface area contributed by atoms with E-state index in [1.807, 2.05) is 15.3 Å². The van der Waals surface area contributed by atoms with E-state index in [-0.39, 0.29) is 24.0 Å². The fourth-order valence-electron chi connectivity index (χ4n) is 4.64. The highest BCUT2D eigenvalue weighted by Crippen LogP contribution is 2.39. The molecular weight excluding hydrogens is 449 g/mol. The molecule has 0 saturated heterocycles. The topological polar surface area (TPSA) is 111 Å². The number of amides is 1. The molecule has 0 radical (unpaired) electrons. The first kappa shape index (κ1) is 21.6. The maximum Gasteiger partial charge on any atom is 0.259 e. The number of hydrogen-bond donors (Lipinski definition) is 2. The fourth-order valence-corrected chi connectivity index (χ4v) is 4.64. The van der Waals surface area contributed by atoms with Crippen LogP contribution in [0.1, 0.15) is 58.7 Å². The van der Waals surface area contributed by atoms with Gasteiger partial charge in [0.05, 0.1) is 35.9 Å². The van der Waals surface area contributed by atoms with E-state index in [9.17, 15) is 14.3 Å². The number of aryl methyl sites for hydroxylation is 2. The number of rotatable bonds is 6. The normalized spacial score (nSPS) is 16.9. The van der Waals surface area contributed by atoms with Crippen molar-refractivity contribution in [2.24, 2.45) is 0 Å². The number of aromatic nitrogens is 6. The van der Waals surface area contributed by atoms with Gasteiger partial charge >= 0.3 is 0 Å². The van der Waals surface area contributed by atoms with Crippen molar-refractivity contribution >= 4 is 11.7 Å². The van der Waals surface area contributed by atoms with Gasteiger partial charge in [-0.1, -0.05) is 6.07 Å². The molecule has 0 bridgehead atoms. The first-order chi connectivity index (χ1) is 17.0. The van der Waals surface area contributed by atoms with E-state index in [0.717, 1.165) is 37.2 Å². The number of imidazole rings is 1. The van der Waals surface area contributed by atoms with Crippen LogP contribution in [-0.2, 0) is 6.42 Å². The average Bonchev–Trinajstić information content (AvgIpc) is 3.25. The molecule has 178 valence electrons. The Balaban J connectivity index is 1.28. The molecule has 1 unspecified atom stereocenters. The predicted molar refractivity (Wildman–Crippen MR) is 126 cm³/mol. The highest BCUT2D eigenvalue weighted by Gasteiger charge is 2.28. The first-order valence-electron chi connectivity index (χ1n) is 11.7. The van der Waals surface area contributed by atoms with Crippen molar-refractivity contribution in [3.8, 4) is 17.2 Å². The van der Waals surface area contributed by atoms with Gasteiger partial charge < -0.3 is 19.6 Å². The minimum atomic E-state index is -0.608. The van der Waals surface area contributed by atoms with Crippen LogP contribution in [0.2, 0.25) is 0 Å². The van der Waals surface area contributed by atoms with E-state index in [1.54, 1.807) is 37.5 Å². The third-order valence-electron chi connectivity index (χ3n) is 6.67. The molecule has 10 heteroatoms. The lowest BCUT2D eigenvalue weighted by Crippen LogP contribution is -2.16. The highest BCUT2D eigenvalue weighted by atomic mass is 19.1. The molecule has 6 rings (SSSR count). The minimum absolute atomic E-state index is 0.0113. The van der Waals surface area contributed by atoms with E-state index in [1.165, 1.54) is 6.07 Å². The van der Waals surface area contributed by atoms with Crippen molar-refractivity contribution in [2.45, 2.75) is 44.6 Å². The quantitative estimate of drug-likeness (QED) is 0.443. The van der Waals surface area contributed by atoms with Gasteiger partial charge in [-0.3, -0.25) is 4.79 Å². The zero-order valence-corrected chi connectivity index (χ0v) is 19.1. The van der Waals surface area contributed by atoms with E-state index in [2.05, 4.69) is 25.5 Å². The summed E-state index contributed by atoms with van der Waals surface area (Å²) < 4.78 is 18.6. The van der Waals surface area contributed by atoms with Gasteiger partial charge in [-0.15, -0.1) is 10.2 Å². The highest BCUT2D eigenvalue weighted by molar-refractivity contribution is 6.04. The van der Waals surface area contributed by atoms with Crippen LogP contribution in [0.15, 0.2) is 42.9 Å². The Bertz CT molecular complexity index is 1440. The number of pyridine rings is 1. The lowest BCUT2D eigenvalue weighted by Gasteiger charge is -2.13. The van der Waals surface area contributed by atoms with Gasteiger partial charge in [-0.25, -0.2) is 14.4 Å².